The molecule has 4 aliphatic rings. The van der Waals surface area contributed by atoms with Crippen molar-refractivity contribution in [3.63, 3.8) is 0 Å². The molecule has 3 nitrogen and oxygen atoms in total. The van der Waals surface area contributed by atoms with Crippen molar-refractivity contribution in [1.29, 1.82) is 0 Å². The van der Waals surface area contributed by atoms with E-state index in [4.69, 9.17) is 16.6 Å². The van der Waals surface area contributed by atoms with Gasteiger partial charge in [-0.2, -0.15) is 0 Å². The summed E-state index contributed by atoms with van der Waals surface area (Å²) in [6.07, 6.45) is 9.19. The highest BCUT2D eigenvalue weighted by Crippen LogP contribution is 2.65. The predicted molar refractivity (Wildman–Crippen MR) is 155 cm³/mol. The van der Waals surface area contributed by atoms with Crippen LogP contribution in [0.3, 0.4) is 0 Å². The van der Waals surface area contributed by atoms with E-state index in [0.717, 1.165) is 22.8 Å². The van der Waals surface area contributed by atoms with Gasteiger partial charge in [0.05, 0.1) is 5.41 Å². The van der Waals surface area contributed by atoms with Gasteiger partial charge < -0.3 is 5.32 Å². The van der Waals surface area contributed by atoms with Gasteiger partial charge in [-0.15, -0.1) is 0 Å². The minimum Gasteiger partial charge on any atom is -0.324 e. The first kappa shape index (κ1) is 21.8. The van der Waals surface area contributed by atoms with Crippen LogP contribution in [0.1, 0.15) is 39.3 Å². The number of rotatable bonds is 2. The van der Waals surface area contributed by atoms with Crippen molar-refractivity contribution in [3.8, 4) is 11.1 Å². The number of amidine groups is 2. The molecule has 0 radical (unpaired) electrons. The molecular weight excluding hydrogens is 486 g/mol. The van der Waals surface area contributed by atoms with Gasteiger partial charge in [-0.1, -0.05) is 133 Å². The third kappa shape index (κ3) is 2.85. The highest BCUT2D eigenvalue weighted by atomic mass is 35.5. The zero-order chi connectivity index (χ0) is 25.3. The Morgan fingerprint density at radius 2 is 1.32 bits per heavy atom. The van der Waals surface area contributed by atoms with Crippen molar-refractivity contribution in [2.45, 2.75) is 17.0 Å². The van der Waals surface area contributed by atoms with Gasteiger partial charge in [0.25, 0.3) is 0 Å². The molecule has 182 valence electrons. The second kappa shape index (κ2) is 8.14. The van der Waals surface area contributed by atoms with E-state index in [1.165, 1.54) is 33.4 Å². The van der Waals surface area contributed by atoms with Crippen LogP contribution in [-0.4, -0.2) is 17.3 Å². The molecule has 4 atom stereocenters. The normalized spacial score (nSPS) is 25.7. The topological polar surface area (TPSA) is 36.8 Å². The zero-order valence-electron chi connectivity index (χ0n) is 20.6. The average Bonchev–Trinajstić information content (AvgIpc) is 3.45. The Labute approximate surface area is 226 Å². The van der Waals surface area contributed by atoms with Gasteiger partial charge >= 0.3 is 0 Å². The van der Waals surface area contributed by atoms with Crippen LogP contribution < -0.4 is 5.32 Å². The molecule has 1 aliphatic heterocycles. The fourth-order valence-electron chi connectivity index (χ4n) is 7.15. The summed E-state index contributed by atoms with van der Waals surface area (Å²) in [5.74, 6) is 2.13. The van der Waals surface area contributed by atoms with Crippen LogP contribution >= 0.6 is 11.6 Å². The summed E-state index contributed by atoms with van der Waals surface area (Å²) in [5.41, 5.74) is 9.07. The first-order chi connectivity index (χ1) is 18.8. The fourth-order valence-corrected chi connectivity index (χ4v) is 7.35. The smallest absolute Gasteiger partial charge is 0.219 e. The maximum atomic E-state index is 6.60. The maximum Gasteiger partial charge on any atom is 0.219 e. The quantitative estimate of drug-likeness (QED) is 0.226. The Morgan fingerprint density at radius 1 is 0.632 bits per heavy atom. The van der Waals surface area contributed by atoms with E-state index in [-0.39, 0.29) is 5.41 Å². The molecule has 0 fully saturated rings. The Morgan fingerprint density at radius 3 is 2.21 bits per heavy atom. The summed E-state index contributed by atoms with van der Waals surface area (Å²) in [6, 6.07) is 34.6. The summed E-state index contributed by atoms with van der Waals surface area (Å²) >= 11 is 6.60. The molecule has 4 unspecified atom stereocenters. The number of hydrogen-bond acceptors (Lipinski definition) is 3. The number of aliphatic imine (C=N–C) groups is 2. The van der Waals surface area contributed by atoms with Crippen molar-refractivity contribution in [1.82, 2.24) is 5.32 Å². The Kier molecular flexibility index (Phi) is 4.68. The highest BCUT2D eigenvalue weighted by Gasteiger charge is 2.57. The van der Waals surface area contributed by atoms with Crippen molar-refractivity contribution in [3.05, 3.63) is 155 Å². The van der Waals surface area contributed by atoms with Crippen LogP contribution in [0.25, 0.3) is 11.1 Å². The van der Waals surface area contributed by atoms with E-state index >= 15 is 0 Å². The average molecular weight is 510 g/mol. The minimum absolute atomic E-state index is 0.267. The van der Waals surface area contributed by atoms with Gasteiger partial charge in [0.1, 0.15) is 11.7 Å². The Bertz CT molecular complexity index is 1730. The van der Waals surface area contributed by atoms with E-state index < -0.39 is 5.62 Å². The highest BCUT2D eigenvalue weighted by molar-refractivity contribution is 6.26. The lowest BCUT2D eigenvalue weighted by atomic mass is 9.65. The first-order valence-corrected chi connectivity index (χ1v) is 13.5. The minimum atomic E-state index is -0.689. The number of alkyl halides is 1. The van der Waals surface area contributed by atoms with Crippen LogP contribution in [-0.2, 0) is 5.41 Å². The van der Waals surface area contributed by atoms with E-state index in [1.54, 1.807) is 0 Å². The molecule has 38 heavy (non-hydrogen) atoms. The molecule has 4 aromatic rings. The SMILES string of the molecule is ClC1N=C(c2ccccc2)NC(c2cccc3c2-c2ccccc2C32c3ccccc3C3C=CC=CC32)=N1. The van der Waals surface area contributed by atoms with Gasteiger partial charge in [0, 0.05) is 23.0 Å². The largest absolute Gasteiger partial charge is 0.324 e. The molecule has 0 saturated carbocycles. The third-order valence-electron chi connectivity index (χ3n) is 8.50. The number of fused-ring (bicyclic) bond motifs is 10. The van der Waals surface area contributed by atoms with Crippen molar-refractivity contribution >= 4 is 23.3 Å². The van der Waals surface area contributed by atoms with Crippen molar-refractivity contribution < 1.29 is 0 Å². The van der Waals surface area contributed by atoms with E-state index in [0.29, 0.717) is 11.8 Å². The van der Waals surface area contributed by atoms with E-state index in [9.17, 15) is 0 Å². The third-order valence-corrected chi connectivity index (χ3v) is 8.70. The Hall–Kier alpha value is -4.21. The molecule has 3 aliphatic carbocycles. The monoisotopic (exact) mass is 509 g/mol. The van der Waals surface area contributed by atoms with Gasteiger partial charge in [-0.05, 0) is 33.4 Å². The molecule has 4 heteroatoms. The van der Waals surface area contributed by atoms with Crippen LogP contribution in [0, 0.1) is 5.92 Å². The molecule has 0 aromatic heterocycles. The molecular formula is C34H24ClN3. The molecule has 1 N–H and O–H groups in total. The number of nitrogens with zero attached hydrogens (tertiary/aromatic N) is 2. The number of nitrogens with one attached hydrogen (secondary N) is 1. The molecule has 0 bridgehead atoms. The number of allylic oxidation sites excluding steroid dienone is 4. The molecule has 8 rings (SSSR count). The fraction of sp³-hybridized carbons (Fsp3) is 0.118. The van der Waals surface area contributed by atoms with Gasteiger partial charge in [-0.3, -0.25) is 0 Å². The van der Waals surface area contributed by atoms with Crippen LogP contribution in [0.2, 0.25) is 0 Å². The molecule has 0 amide bonds. The molecule has 4 aromatic carbocycles. The summed E-state index contributed by atoms with van der Waals surface area (Å²) in [4.78, 5) is 9.37. The molecule has 1 heterocycles. The van der Waals surface area contributed by atoms with Gasteiger partial charge in [-0.25, -0.2) is 9.98 Å². The van der Waals surface area contributed by atoms with E-state index in [1.807, 2.05) is 30.3 Å². The van der Waals surface area contributed by atoms with Crippen molar-refractivity contribution in [2.24, 2.45) is 15.9 Å². The standard InChI is InChI=1S/C34H24ClN3/c35-33-37-31(21-11-2-1-3-12-21)36-32(38-33)25-16-10-20-29-30(25)24-15-6-9-19-28(24)34(29)26-17-7-4-13-22(26)23-14-5-8-18-27(23)34/h1-20,22,26,33H,(H,36,37,38). The van der Waals surface area contributed by atoms with E-state index in [2.05, 4.69) is 101 Å². The Balaban J connectivity index is 1.37. The van der Waals surface area contributed by atoms with Crippen LogP contribution in [0.4, 0.5) is 0 Å². The zero-order valence-corrected chi connectivity index (χ0v) is 21.3. The lowest BCUT2D eigenvalue weighted by molar-refractivity contribution is 0.465. The number of halogens is 1. The summed E-state index contributed by atoms with van der Waals surface area (Å²) in [6.45, 7) is 0. The maximum absolute atomic E-state index is 6.60. The second-order valence-corrected chi connectivity index (χ2v) is 10.6. The lowest BCUT2D eigenvalue weighted by Crippen LogP contribution is -2.37. The van der Waals surface area contributed by atoms with Gasteiger partial charge in [0.15, 0.2) is 0 Å². The molecule has 1 spiro atoms. The van der Waals surface area contributed by atoms with Crippen LogP contribution in [0.15, 0.2) is 131 Å². The number of hydrogen-bond donors (Lipinski definition) is 1. The lowest BCUT2D eigenvalue weighted by Gasteiger charge is -2.36. The van der Waals surface area contributed by atoms with Crippen LogP contribution in [0.5, 0.6) is 0 Å². The van der Waals surface area contributed by atoms with Gasteiger partial charge in [0.2, 0.25) is 5.62 Å². The van der Waals surface area contributed by atoms with Crippen molar-refractivity contribution in [2.75, 3.05) is 0 Å². The molecule has 0 saturated heterocycles. The first-order valence-electron chi connectivity index (χ1n) is 13.1. The predicted octanol–water partition coefficient (Wildman–Crippen LogP) is 7.16. The summed E-state index contributed by atoms with van der Waals surface area (Å²) < 4.78 is 0. The second-order valence-electron chi connectivity index (χ2n) is 10.2. The summed E-state index contributed by atoms with van der Waals surface area (Å²) in [7, 11) is 0. The number of benzene rings is 4. The summed E-state index contributed by atoms with van der Waals surface area (Å²) in [5, 5.41) is 3.52.